The lowest BCUT2D eigenvalue weighted by Crippen LogP contribution is -2.19. The van der Waals surface area contributed by atoms with Crippen LogP contribution in [0, 0.1) is 20.8 Å². The minimum Gasteiger partial charge on any atom is -0.491 e. The van der Waals surface area contributed by atoms with E-state index in [2.05, 4.69) is 15.0 Å². The molecule has 0 radical (unpaired) electrons. The van der Waals surface area contributed by atoms with Crippen molar-refractivity contribution in [2.45, 2.75) is 59.7 Å². The Kier molecular flexibility index (Phi) is 7.72. The lowest BCUT2D eigenvalue weighted by molar-refractivity contribution is 0.0994. The van der Waals surface area contributed by atoms with Crippen LogP contribution in [0.2, 0.25) is 5.02 Å². The summed E-state index contributed by atoms with van der Waals surface area (Å²) >= 11 is 6.69. The highest BCUT2D eigenvalue weighted by molar-refractivity contribution is 6.33. The van der Waals surface area contributed by atoms with Crippen LogP contribution in [0.25, 0.3) is 22.6 Å². The van der Waals surface area contributed by atoms with Gasteiger partial charge in [-0.15, -0.1) is 0 Å². The van der Waals surface area contributed by atoms with Gasteiger partial charge in [-0.05, 0) is 57.0 Å². The molecule has 4 heterocycles. The number of hydrogen-bond acceptors (Lipinski definition) is 9. The van der Waals surface area contributed by atoms with Crippen LogP contribution in [0.3, 0.4) is 0 Å². The van der Waals surface area contributed by atoms with Crippen LogP contribution in [0.4, 0.5) is 5.82 Å². The van der Waals surface area contributed by atoms with Gasteiger partial charge < -0.3 is 24.0 Å². The number of aryl methyl sites for hydroxylation is 2. The molecule has 1 aromatic carbocycles. The zero-order chi connectivity index (χ0) is 27.7. The molecule has 5 rings (SSSR count). The lowest BCUT2D eigenvalue weighted by atomic mass is 10.0. The zero-order valence-corrected chi connectivity index (χ0v) is 23.5. The fourth-order valence-electron chi connectivity index (χ4n) is 4.98. The van der Waals surface area contributed by atoms with Crippen LogP contribution in [-0.4, -0.2) is 45.0 Å². The minimum atomic E-state index is -0.536. The molecule has 0 unspecified atom stereocenters. The molecule has 1 aliphatic rings. The third kappa shape index (κ3) is 5.29. The molecule has 10 heteroatoms. The minimum absolute atomic E-state index is 0.196. The number of halogens is 1. The summed E-state index contributed by atoms with van der Waals surface area (Å²) < 4.78 is 16.9. The molecule has 0 amide bonds. The molecular weight excluding hydrogens is 518 g/mol. The van der Waals surface area contributed by atoms with Crippen LogP contribution >= 0.6 is 11.6 Å². The number of aromatic nitrogens is 4. The van der Waals surface area contributed by atoms with E-state index < -0.39 is 6.10 Å². The number of fused-ring (bicyclic) bond motifs is 1. The number of methoxy groups -OCH3 is 1. The van der Waals surface area contributed by atoms with E-state index in [0.717, 1.165) is 45.9 Å². The SMILES string of the molecule is CCC[C@@H](O)COc1ccc(Cl)c(-c2nc(-c3c(C)noc3C)c(C)c(N3Cc4ccnc(OC)c4C3)n2)c1. The van der Waals surface area contributed by atoms with Crippen LogP contribution < -0.4 is 14.4 Å². The Morgan fingerprint density at radius 3 is 2.69 bits per heavy atom. The second-order valence-electron chi connectivity index (χ2n) is 9.75. The van der Waals surface area contributed by atoms with E-state index in [1.165, 1.54) is 0 Å². The number of anilines is 1. The van der Waals surface area contributed by atoms with E-state index in [1.807, 2.05) is 39.8 Å². The van der Waals surface area contributed by atoms with Gasteiger partial charge in [0.2, 0.25) is 5.88 Å². The first-order chi connectivity index (χ1) is 18.8. The fourth-order valence-corrected chi connectivity index (χ4v) is 5.18. The first kappa shape index (κ1) is 26.9. The molecule has 0 aliphatic carbocycles. The smallest absolute Gasteiger partial charge is 0.218 e. The molecule has 1 atom stereocenters. The van der Waals surface area contributed by atoms with Gasteiger partial charge in [0.05, 0.1) is 41.7 Å². The van der Waals surface area contributed by atoms with Gasteiger partial charge in [0.1, 0.15) is 23.9 Å². The molecule has 0 bridgehead atoms. The molecule has 0 saturated heterocycles. The second-order valence-corrected chi connectivity index (χ2v) is 10.2. The van der Waals surface area contributed by atoms with Crippen molar-refractivity contribution in [3.8, 4) is 34.3 Å². The highest BCUT2D eigenvalue weighted by Crippen LogP contribution is 2.40. The van der Waals surface area contributed by atoms with Gasteiger partial charge in [-0.25, -0.2) is 15.0 Å². The van der Waals surface area contributed by atoms with Gasteiger partial charge in [-0.3, -0.25) is 0 Å². The summed E-state index contributed by atoms with van der Waals surface area (Å²) in [7, 11) is 1.63. The van der Waals surface area contributed by atoms with Gasteiger partial charge in [-0.2, -0.15) is 0 Å². The van der Waals surface area contributed by atoms with Crippen molar-refractivity contribution in [2.24, 2.45) is 0 Å². The predicted octanol–water partition coefficient (Wildman–Crippen LogP) is 5.84. The number of nitrogens with zero attached hydrogens (tertiary/aromatic N) is 5. The molecule has 3 aromatic heterocycles. The molecule has 0 saturated carbocycles. The zero-order valence-electron chi connectivity index (χ0n) is 22.8. The van der Waals surface area contributed by atoms with Crippen molar-refractivity contribution < 1.29 is 19.1 Å². The number of aliphatic hydroxyl groups is 1. The number of aliphatic hydroxyl groups excluding tert-OH is 1. The van der Waals surface area contributed by atoms with Crippen molar-refractivity contribution >= 4 is 17.4 Å². The Labute approximate surface area is 232 Å². The summed E-state index contributed by atoms with van der Waals surface area (Å²) in [4.78, 5) is 16.6. The monoisotopic (exact) mass is 549 g/mol. The van der Waals surface area contributed by atoms with Crippen molar-refractivity contribution in [3.63, 3.8) is 0 Å². The van der Waals surface area contributed by atoms with E-state index in [9.17, 15) is 5.11 Å². The van der Waals surface area contributed by atoms with E-state index in [0.29, 0.717) is 53.3 Å². The third-order valence-corrected chi connectivity index (χ3v) is 7.28. The average molecular weight is 550 g/mol. The van der Waals surface area contributed by atoms with Gasteiger partial charge in [0.25, 0.3) is 0 Å². The number of rotatable bonds is 9. The van der Waals surface area contributed by atoms with Crippen LogP contribution in [-0.2, 0) is 13.1 Å². The first-order valence-corrected chi connectivity index (χ1v) is 13.4. The Morgan fingerprint density at radius 1 is 1.15 bits per heavy atom. The normalized spacial score (nSPS) is 13.5. The third-order valence-electron chi connectivity index (χ3n) is 6.95. The number of benzene rings is 1. The molecular formula is C29H32ClN5O4. The molecule has 1 N–H and O–H groups in total. The lowest BCUT2D eigenvalue weighted by Gasteiger charge is -2.22. The molecule has 204 valence electrons. The van der Waals surface area contributed by atoms with Crippen LogP contribution in [0.5, 0.6) is 11.6 Å². The molecule has 9 nitrogen and oxygen atoms in total. The topological polar surface area (TPSA) is 107 Å². The summed E-state index contributed by atoms with van der Waals surface area (Å²) in [5.41, 5.74) is 6.02. The first-order valence-electron chi connectivity index (χ1n) is 13.0. The van der Waals surface area contributed by atoms with Gasteiger partial charge in [0, 0.05) is 29.4 Å². The highest BCUT2D eigenvalue weighted by atomic mass is 35.5. The van der Waals surface area contributed by atoms with Crippen LogP contribution in [0.1, 0.15) is 47.9 Å². The summed E-state index contributed by atoms with van der Waals surface area (Å²) in [6.07, 6.45) is 2.77. The summed E-state index contributed by atoms with van der Waals surface area (Å²) in [6, 6.07) is 7.37. The van der Waals surface area contributed by atoms with E-state index in [1.54, 1.807) is 25.4 Å². The number of hydrogen-bond donors (Lipinski definition) is 1. The standard InChI is InChI=1S/C29H32ClN5O4/c1-6-7-20(36)15-38-21-8-9-24(30)22(12-21)27-32-26(25-17(3)34-39-18(25)4)16(2)28(33-27)35-13-19-10-11-31-29(37-5)23(19)14-35/h8-12,20,36H,6-7,13-15H2,1-5H3/t20-/m1/s1. The Balaban J connectivity index is 1.61. The van der Waals surface area contributed by atoms with E-state index in [4.69, 9.17) is 35.6 Å². The predicted molar refractivity (Wildman–Crippen MR) is 149 cm³/mol. The molecule has 0 spiro atoms. The van der Waals surface area contributed by atoms with Crippen molar-refractivity contribution in [1.82, 2.24) is 20.1 Å². The van der Waals surface area contributed by atoms with Crippen molar-refractivity contribution in [1.29, 1.82) is 0 Å². The number of ether oxygens (including phenoxy) is 2. The van der Waals surface area contributed by atoms with Crippen molar-refractivity contribution in [3.05, 3.63) is 63.6 Å². The van der Waals surface area contributed by atoms with Crippen LogP contribution in [0.15, 0.2) is 35.0 Å². The Hall–Kier alpha value is -3.69. The maximum Gasteiger partial charge on any atom is 0.218 e. The van der Waals surface area contributed by atoms with Gasteiger partial charge in [-0.1, -0.05) is 30.1 Å². The highest BCUT2D eigenvalue weighted by Gasteiger charge is 2.29. The largest absolute Gasteiger partial charge is 0.491 e. The second kappa shape index (κ2) is 11.2. The molecule has 1 aliphatic heterocycles. The summed E-state index contributed by atoms with van der Waals surface area (Å²) in [5, 5.41) is 14.8. The maximum absolute atomic E-state index is 10.1. The van der Waals surface area contributed by atoms with Gasteiger partial charge in [0.15, 0.2) is 5.82 Å². The number of pyridine rings is 1. The Bertz CT molecular complexity index is 1490. The molecule has 39 heavy (non-hydrogen) atoms. The van der Waals surface area contributed by atoms with E-state index >= 15 is 0 Å². The summed E-state index contributed by atoms with van der Waals surface area (Å²) in [5.74, 6) is 3.10. The quantitative estimate of drug-likeness (QED) is 0.275. The molecule has 4 aromatic rings. The van der Waals surface area contributed by atoms with Crippen molar-refractivity contribution in [2.75, 3.05) is 18.6 Å². The maximum atomic E-state index is 10.1. The van der Waals surface area contributed by atoms with Gasteiger partial charge >= 0.3 is 0 Å². The Morgan fingerprint density at radius 2 is 1.97 bits per heavy atom. The molecule has 0 fully saturated rings. The fraction of sp³-hybridized carbons (Fsp3) is 0.379. The van der Waals surface area contributed by atoms with E-state index in [-0.39, 0.29) is 6.61 Å². The average Bonchev–Trinajstić information content (AvgIpc) is 3.51. The summed E-state index contributed by atoms with van der Waals surface area (Å²) in [6.45, 7) is 9.25.